The van der Waals surface area contributed by atoms with Crippen LogP contribution in [0.15, 0.2) is 12.1 Å². The molecular formula is C8H3ClFNO2. The number of Topliss-reactive ketones (excluding diaryl/α,β-unsaturated/α-hetero) is 1. The maximum atomic E-state index is 13.0. The Bertz CT molecular complexity index is 430. The summed E-state index contributed by atoms with van der Waals surface area (Å²) in [6, 6.07) is 2.34. The van der Waals surface area contributed by atoms with E-state index in [1.54, 1.807) is 0 Å². The molecule has 66 valence electrons. The number of halogens is 2. The fraction of sp³-hybridized carbons (Fsp3) is 0. The number of anilines is 1. The molecule has 1 aliphatic rings. The molecule has 1 heterocycles. The summed E-state index contributed by atoms with van der Waals surface area (Å²) in [5.74, 6) is -2.29. The molecule has 0 aliphatic carbocycles. The third-order valence-electron chi connectivity index (χ3n) is 1.78. The van der Waals surface area contributed by atoms with Crippen molar-refractivity contribution >= 4 is 29.0 Å². The van der Waals surface area contributed by atoms with Crippen molar-refractivity contribution in [1.82, 2.24) is 0 Å². The molecule has 1 aliphatic heterocycles. The summed E-state index contributed by atoms with van der Waals surface area (Å²) in [5, 5.41) is 2.19. The molecule has 3 nitrogen and oxygen atoms in total. The lowest BCUT2D eigenvalue weighted by molar-refractivity contribution is -0.112. The van der Waals surface area contributed by atoms with Gasteiger partial charge >= 0.3 is 0 Å². The fourth-order valence-corrected chi connectivity index (χ4v) is 1.42. The van der Waals surface area contributed by atoms with E-state index in [0.29, 0.717) is 0 Å². The number of amides is 1. The smallest absolute Gasteiger partial charge is 0.297 e. The number of hydrogen-bond donors (Lipinski definition) is 1. The summed E-state index contributed by atoms with van der Waals surface area (Å²) in [6.07, 6.45) is 0. The van der Waals surface area contributed by atoms with Gasteiger partial charge in [0.15, 0.2) is 0 Å². The van der Waals surface area contributed by atoms with Crippen molar-refractivity contribution in [2.75, 3.05) is 5.32 Å². The van der Waals surface area contributed by atoms with E-state index in [-0.39, 0.29) is 16.3 Å². The maximum Gasteiger partial charge on any atom is 0.297 e. The highest BCUT2D eigenvalue weighted by molar-refractivity contribution is 6.54. The molecule has 1 aromatic rings. The largest absolute Gasteiger partial charge is 0.316 e. The van der Waals surface area contributed by atoms with Crippen LogP contribution < -0.4 is 5.32 Å². The number of carbonyl (C=O) groups is 2. The van der Waals surface area contributed by atoms with Crippen LogP contribution >= 0.6 is 11.6 Å². The number of benzene rings is 1. The highest BCUT2D eigenvalue weighted by atomic mass is 35.5. The first-order valence-corrected chi connectivity index (χ1v) is 3.82. The summed E-state index contributed by atoms with van der Waals surface area (Å²) in [6.45, 7) is 0. The normalized spacial score (nSPS) is 14.3. The van der Waals surface area contributed by atoms with Crippen LogP contribution in [0, 0.1) is 5.82 Å². The van der Waals surface area contributed by atoms with Gasteiger partial charge in [-0.3, -0.25) is 9.59 Å². The van der Waals surface area contributed by atoms with Gasteiger partial charge in [-0.15, -0.1) is 0 Å². The predicted octanol–water partition coefficient (Wildman–Crippen LogP) is 1.61. The highest BCUT2D eigenvalue weighted by Gasteiger charge is 2.32. The van der Waals surface area contributed by atoms with Crippen molar-refractivity contribution < 1.29 is 14.0 Å². The Hall–Kier alpha value is -1.42. The van der Waals surface area contributed by atoms with Crippen molar-refractivity contribution in [3.05, 3.63) is 28.5 Å². The Morgan fingerprint density at radius 1 is 1.31 bits per heavy atom. The highest BCUT2D eigenvalue weighted by Crippen LogP contribution is 2.31. The molecule has 0 fully saturated rings. The average Bonchev–Trinajstić information content (AvgIpc) is 2.38. The summed E-state index contributed by atoms with van der Waals surface area (Å²) in [5.41, 5.74) is -0.200. The number of carbonyl (C=O) groups excluding carboxylic acids is 2. The van der Waals surface area contributed by atoms with Crippen LogP contribution in [0.4, 0.5) is 10.1 Å². The molecule has 2 rings (SSSR count). The minimum Gasteiger partial charge on any atom is -0.316 e. The van der Waals surface area contributed by atoms with E-state index in [1.165, 1.54) is 6.07 Å². The van der Waals surface area contributed by atoms with Gasteiger partial charge in [0.25, 0.3) is 11.7 Å². The van der Waals surface area contributed by atoms with Gasteiger partial charge in [0.2, 0.25) is 0 Å². The number of hydrogen-bond acceptors (Lipinski definition) is 2. The topological polar surface area (TPSA) is 46.2 Å². The van der Waals surface area contributed by atoms with Gasteiger partial charge in [-0.25, -0.2) is 4.39 Å². The molecule has 0 saturated carbocycles. The molecule has 5 heteroatoms. The Morgan fingerprint density at radius 3 is 2.62 bits per heavy atom. The molecule has 1 amide bonds. The number of fused-ring (bicyclic) bond motifs is 1. The molecule has 1 aromatic carbocycles. The van der Waals surface area contributed by atoms with Crippen LogP contribution in [0.2, 0.25) is 5.02 Å². The number of nitrogens with one attached hydrogen (secondary N) is 1. The van der Waals surface area contributed by atoms with Crippen molar-refractivity contribution in [2.45, 2.75) is 0 Å². The average molecular weight is 200 g/mol. The van der Waals surface area contributed by atoms with E-state index in [1.807, 2.05) is 0 Å². The zero-order chi connectivity index (χ0) is 9.59. The van der Waals surface area contributed by atoms with Crippen LogP contribution in [0.3, 0.4) is 0 Å². The molecule has 0 atom stereocenters. The van der Waals surface area contributed by atoms with Crippen molar-refractivity contribution in [3.63, 3.8) is 0 Å². The van der Waals surface area contributed by atoms with Gasteiger partial charge in [0, 0.05) is 0 Å². The van der Waals surface area contributed by atoms with Gasteiger partial charge in [-0.05, 0) is 12.1 Å². The third-order valence-corrected chi connectivity index (χ3v) is 2.09. The fourth-order valence-electron chi connectivity index (χ4n) is 1.18. The molecule has 0 radical (unpaired) electrons. The van der Waals surface area contributed by atoms with E-state index in [9.17, 15) is 14.0 Å². The summed E-state index contributed by atoms with van der Waals surface area (Å²) in [7, 11) is 0. The lowest BCUT2D eigenvalue weighted by Crippen LogP contribution is -2.12. The molecule has 0 aromatic heterocycles. The first kappa shape index (κ1) is 8.19. The van der Waals surface area contributed by atoms with Crippen LogP contribution in [0.25, 0.3) is 0 Å². The standard InChI is InChI=1S/C8H3ClFNO2/c9-3-1-2-4(10)6-5(3)7(12)8(13)11-6/h1-2H,(H,11,12,13). The lowest BCUT2D eigenvalue weighted by Gasteiger charge is -1.99. The van der Waals surface area contributed by atoms with Crippen molar-refractivity contribution in [3.8, 4) is 0 Å². The Labute approximate surface area is 77.5 Å². The first-order chi connectivity index (χ1) is 6.11. The summed E-state index contributed by atoms with van der Waals surface area (Å²) >= 11 is 5.62. The lowest BCUT2D eigenvalue weighted by atomic mass is 10.1. The second-order valence-corrected chi connectivity index (χ2v) is 2.97. The minimum atomic E-state index is -0.845. The van der Waals surface area contributed by atoms with E-state index >= 15 is 0 Å². The summed E-state index contributed by atoms with van der Waals surface area (Å²) < 4.78 is 13.0. The first-order valence-electron chi connectivity index (χ1n) is 3.45. The van der Waals surface area contributed by atoms with Crippen LogP contribution in [-0.2, 0) is 4.79 Å². The molecule has 13 heavy (non-hydrogen) atoms. The van der Waals surface area contributed by atoms with Crippen LogP contribution in [-0.4, -0.2) is 11.7 Å². The van der Waals surface area contributed by atoms with Crippen molar-refractivity contribution in [1.29, 1.82) is 0 Å². The van der Waals surface area contributed by atoms with E-state index in [0.717, 1.165) is 6.07 Å². The minimum absolute atomic E-state index is 0.0772. The predicted molar refractivity (Wildman–Crippen MR) is 44.4 cm³/mol. The van der Waals surface area contributed by atoms with E-state index in [2.05, 4.69) is 5.32 Å². The Balaban J connectivity index is 2.75. The van der Waals surface area contributed by atoms with Gasteiger partial charge < -0.3 is 5.32 Å². The van der Waals surface area contributed by atoms with Gasteiger partial charge in [0.05, 0.1) is 16.3 Å². The zero-order valence-electron chi connectivity index (χ0n) is 6.23. The molecule has 0 bridgehead atoms. The molecule has 1 N–H and O–H groups in total. The number of ketones is 1. The summed E-state index contributed by atoms with van der Waals surface area (Å²) in [4.78, 5) is 22.0. The second-order valence-electron chi connectivity index (χ2n) is 2.56. The quantitative estimate of drug-likeness (QED) is 0.646. The SMILES string of the molecule is O=C1Nc2c(F)ccc(Cl)c2C1=O. The second kappa shape index (κ2) is 2.53. The molecule has 0 spiro atoms. The Kier molecular flexibility index (Phi) is 1.60. The Morgan fingerprint density at radius 2 is 2.00 bits per heavy atom. The monoisotopic (exact) mass is 199 g/mol. The molecule has 0 unspecified atom stereocenters. The van der Waals surface area contributed by atoms with E-state index in [4.69, 9.17) is 11.6 Å². The van der Waals surface area contributed by atoms with E-state index < -0.39 is 17.5 Å². The zero-order valence-corrected chi connectivity index (χ0v) is 6.98. The molecule has 0 saturated heterocycles. The third kappa shape index (κ3) is 1.02. The van der Waals surface area contributed by atoms with Crippen LogP contribution in [0.1, 0.15) is 10.4 Å². The van der Waals surface area contributed by atoms with Gasteiger partial charge in [0.1, 0.15) is 5.82 Å². The van der Waals surface area contributed by atoms with Gasteiger partial charge in [-0.2, -0.15) is 0 Å². The molecular weight excluding hydrogens is 197 g/mol. The maximum absolute atomic E-state index is 13.0. The number of rotatable bonds is 0. The van der Waals surface area contributed by atoms with Crippen molar-refractivity contribution in [2.24, 2.45) is 0 Å². The van der Waals surface area contributed by atoms with Crippen LogP contribution in [0.5, 0.6) is 0 Å². The van der Waals surface area contributed by atoms with Gasteiger partial charge in [-0.1, -0.05) is 11.6 Å².